The van der Waals surface area contributed by atoms with Crippen LogP contribution in [0.5, 0.6) is 0 Å². The first-order chi connectivity index (χ1) is 9.63. The van der Waals surface area contributed by atoms with Crippen molar-refractivity contribution in [3.8, 4) is 0 Å². The zero-order valence-corrected chi connectivity index (χ0v) is 11.2. The first-order valence-corrected chi connectivity index (χ1v) is 7.08. The van der Waals surface area contributed by atoms with Crippen LogP contribution in [0.25, 0.3) is 0 Å². The molecule has 1 aliphatic heterocycles. The third-order valence-corrected chi connectivity index (χ3v) is 4.25. The highest BCUT2D eigenvalue weighted by molar-refractivity contribution is 8.00. The molecule has 1 saturated heterocycles. The molecule has 1 unspecified atom stereocenters. The van der Waals surface area contributed by atoms with Crippen LogP contribution in [0.1, 0.15) is 16.7 Å². The zero-order chi connectivity index (χ0) is 14.1. The Morgan fingerprint density at radius 2 is 2.05 bits per heavy atom. The smallest absolute Gasteiger partial charge is 0.234 e. The van der Waals surface area contributed by atoms with Crippen LogP contribution >= 0.6 is 11.8 Å². The van der Waals surface area contributed by atoms with Crippen LogP contribution in [0.3, 0.4) is 0 Å². The van der Waals surface area contributed by atoms with Gasteiger partial charge in [0, 0.05) is 12.6 Å². The van der Waals surface area contributed by atoms with E-state index in [0.717, 1.165) is 6.07 Å². The summed E-state index contributed by atoms with van der Waals surface area (Å²) in [6.07, 6.45) is 1.54. The monoisotopic (exact) mass is 295 g/mol. The quantitative estimate of drug-likeness (QED) is 0.871. The number of nitrogens with zero attached hydrogens (tertiary/aromatic N) is 1. The van der Waals surface area contributed by atoms with Crippen molar-refractivity contribution in [1.82, 2.24) is 4.90 Å². The largest absolute Gasteiger partial charge is 0.466 e. The molecule has 20 heavy (non-hydrogen) atoms. The average Bonchev–Trinajstić information content (AvgIpc) is 2.99. The average molecular weight is 295 g/mol. The van der Waals surface area contributed by atoms with Gasteiger partial charge in [-0.3, -0.25) is 4.79 Å². The van der Waals surface area contributed by atoms with Gasteiger partial charge in [0.15, 0.2) is 0 Å². The summed E-state index contributed by atoms with van der Waals surface area (Å²) >= 11 is 1.44. The Labute approximate surface area is 118 Å². The third-order valence-electron chi connectivity index (χ3n) is 3.03. The van der Waals surface area contributed by atoms with Crippen molar-refractivity contribution in [1.29, 1.82) is 0 Å². The number of hydrogen-bond donors (Lipinski definition) is 0. The van der Waals surface area contributed by atoms with E-state index in [-0.39, 0.29) is 17.8 Å². The van der Waals surface area contributed by atoms with Gasteiger partial charge in [-0.2, -0.15) is 0 Å². The lowest BCUT2D eigenvalue weighted by Crippen LogP contribution is -2.27. The minimum Gasteiger partial charge on any atom is -0.466 e. The molecule has 104 valence electrons. The molecule has 0 saturated carbocycles. The number of carbonyl (C=O) groups excluding carboxylic acids is 1. The summed E-state index contributed by atoms with van der Waals surface area (Å²) in [4.78, 5) is 13.5. The van der Waals surface area contributed by atoms with E-state index in [4.69, 9.17) is 4.42 Å². The zero-order valence-electron chi connectivity index (χ0n) is 10.4. The molecular weight excluding hydrogens is 284 g/mol. The summed E-state index contributed by atoms with van der Waals surface area (Å²) in [5.41, 5.74) is 0.426. The lowest BCUT2D eigenvalue weighted by molar-refractivity contribution is -0.128. The Balaban J connectivity index is 1.85. The number of thioether (sulfide) groups is 1. The molecule has 3 rings (SSSR count). The van der Waals surface area contributed by atoms with Crippen LogP contribution in [-0.2, 0) is 11.3 Å². The van der Waals surface area contributed by atoms with Gasteiger partial charge in [0.25, 0.3) is 0 Å². The number of hydrogen-bond acceptors (Lipinski definition) is 3. The summed E-state index contributed by atoms with van der Waals surface area (Å²) in [5, 5.41) is -0.246. The van der Waals surface area contributed by atoms with Crippen molar-refractivity contribution in [3.05, 3.63) is 59.6 Å². The van der Waals surface area contributed by atoms with E-state index in [0.29, 0.717) is 17.1 Å². The summed E-state index contributed by atoms with van der Waals surface area (Å²) in [5.74, 6) is -0.357. The lowest BCUT2D eigenvalue weighted by Gasteiger charge is -2.22. The summed E-state index contributed by atoms with van der Waals surface area (Å²) in [6.45, 7) is 0.159. The maximum absolute atomic E-state index is 13.2. The predicted molar refractivity (Wildman–Crippen MR) is 70.8 cm³/mol. The van der Waals surface area contributed by atoms with Crippen LogP contribution < -0.4 is 0 Å². The Kier molecular flexibility index (Phi) is 3.48. The maximum Gasteiger partial charge on any atom is 0.234 e. The molecule has 3 nitrogen and oxygen atoms in total. The van der Waals surface area contributed by atoms with Gasteiger partial charge < -0.3 is 9.32 Å². The van der Waals surface area contributed by atoms with Crippen LogP contribution in [-0.4, -0.2) is 16.6 Å². The normalized spacial score (nSPS) is 18.8. The van der Waals surface area contributed by atoms with Crippen molar-refractivity contribution in [2.24, 2.45) is 0 Å². The van der Waals surface area contributed by atoms with Crippen molar-refractivity contribution in [3.63, 3.8) is 0 Å². The summed E-state index contributed by atoms with van der Waals surface area (Å²) in [7, 11) is 0. The maximum atomic E-state index is 13.2. The lowest BCUT2D eigenvalue weighted by atomic mass is 10.2. The molecule has 1 aromatic carbocycles. The van der Waals surface area contributed by atoms with E-state index in [2.05, 4.69) is 0 Å². The highest BCUT2D eigenvalue weighted by atomic mass is 32.2. The second-order valence-corrected chi connectivity index (χ2v) is 5.55. The predicted octanol–water partition coefficient (Wildman–Crippen LogP) is 3.33. The van der Waals surface area contributed by atoms with E-state index in [1.165, 1.54) is 23.9 Å². The number of amides is 1. The van der Waals surface area contributed by atoms with Crippen molar-refractivity contribution in [2.45, 2.75) is 11.9 Å². The van der Waals surface area contributed by atoms with Gasteiger partial charge in [0.1, 0.15) is 22.8 Å². The molecule has 0 bridgehead atoms. The molecule has 2 aromatic rings. The van der Waals surface area contributed by atoms with Crippen LogP contribution in [0, 0.1) is 11.6 Å². The van der Waals surface area contributed by atoms with Gasteiger partial charge >= 0.3 is 0 Å². The number of rotatable bonds is 3. The van der Waals surface area contributed by atoms with Gasteiger partial charge in [0.2, 0.25) is 5.91 Å². The molecule has 0 radical (unpaired) electrons. The third kappa shape index (κ3) is 2.56. The van der Waals surface area contributed by atoms with E-state index in [1.54, 1.807) is 23.3 Å². The number of furan rings is 1. The fraction of sp³-hybridized carbons (Fsp3) is 0.214. The SMILES string of the molecule is O=C1CSC(c2ccco2)N1Cc1cc(F)cc(F)c1. The fourth-order valence-corrected chi connectivity index (χ4v) is 3.33. The molecule has 1 fully saturated rings. The van der Waals surface area contributed by atoms with Crippen LogP contribution in [0.2, 0.25) is 0 Å². The molecule has 1 aliphatic rings. The first-order valence-electron chi connectivity index (χ1n) is 6.03. The summed E-state index contributed by atoms with van der Waals surface area (Å²) < 4.78 is 31.7. The van der Waals surface area contributed by atoms with E-state index < -0.39 is 11.6 Å². The van der Waals surface area contributed by atoms with Gasteiger partial charge in [-0.15, -0.1) is 11.8 Å². The highest BCUT2D eigenvalue weighted by Crippen LogP contribution is 2.39. The van der Waals surface area contributed by atoms with Crippen molar-refractivity contribution >= 4 is 17.7 Å². The molecule has 1 aromatic heterocycles. The molecule has 0 aliphatic carbocycles. The van der Waals surface area contributed by atoms with Gasteiger partial charge in [-0.05, 0) is 29.8 Å². The second kappa shape index (κ2) is 5.28. The standard InChI is InChI=1S/C14H11F2NO2S/c15-10-4-9(5-11(16)6-10)7-17-13(18)8-20-14(17)12-2-1-3-19-12/h1-6,14H,7-8H2. The van der Waals surface area contributed by atoms with E-state index in [9.17, 15) is 13.6 Å². The molecule has 1 amide bonds. The Bertz CT molecular complexity index is 610. The molecule has 6 heteroatoms. The van der Waals surface area contributed by atoms with Crippen LogP contribution in [0.4, 0.5) is 8.78 Å². The van der Waals surface area contributed by atoms with Gasteiger partial charge in [-0.1, -0.05) is 0 Å². The molecule has 0 N–H and O–H groups in total. The molecule has 1 atom stereocenters. The molecule has 0 spiro atoms. The Hall–Kier alpha value is -1.82. The number of carbonyl (C=O) groups is 1. The van der Waals surface area contributed by atoms with Gasteiger partial charge in [-0.25, -0.2) is 8.78 Å². The van der Waals surface area contributed by atoms with Crippen molar-refractivity contribution in [2.75, 3.05) is 5.75 Å². The van der Waals surface area contributed by atoms with Gasteiger partial charge in [0.05, 0.1) is 12.0 Å². The van der Waals surface area contributed by atoms with E-state index in [1.807, 2.05) is 0 Å². The van der Waals surface area contributed by atoms with Crippen LogP contribution in [0.15, 0.2) is 41.0 Å². The number of halogens is 2. The first kappa shape index (κ1) is 13.2. The molecule has 2 heterocycles. The Morgan fingerprint density at radius 1 is 1.30 bits per heavy atom. The number of benzene rings is 1. The second-order valence-electron chi connectivity index (χ2n) is 4.48. The minimum atomic E-state index is -0.645. The Morgan fingerprint density at radius 3 is 2.70 bits per heavy atom. The minimum absolute atomic E-state index is 0.0685. The molecular formula is C14H11F2NO2S. The highest BCUT2D eigenvalue weighted by Gasteiger charge is 2.34. The van der Waals surface area contributed by atoms with E-state index >= 15 is 0 Å². The fourth-order valence-electron chi connectivity index (χ4n) is 2.19. The topological polar surface area (TPSA) is 33.5 Å². The van der Waals surface area contributed by atoms with Crippen molar-refractivity contribution < 1.29 is 18.0 Å². The summed E-state index contributed by atoms with van der Waals surface area (Å²) in [6, 6.07) is 6.82.